The summed E-state index contributed by atoms with van der Waals surface area (Å²) in [6.07, 6.45) is 4.48. The van der Waals surface area contributed by atoms with Crippen LogP contribution >= 0.6 is 13.5 Å². The van der Waals surface area contributed by atoms with Crippen LogP contribution in [-0.2, 0) is 12.8 Å². The van der Waals surface area contributed by atoms with Gasteiger partial charge in [-0.1, -0.05) is 12.2 Å². The molecular weight excluding hydrogens is 208 g/mol. The first-order valence-electron chi connectivity index (χ1n) is 4.45. The van der Waals surface area contributed by atoms with Crippen molar-refractivity contribution >= 4 is 13.5 Å². The van der Waals surface area contributed by atoms with Crippen molar-refractivity contribution in [2.45, 2.75) is 12.8 Å². The quantitative estimate of drug-likeness (QED) is 0.610. The topological polar surface area (TPSA) is 40.5 Å². The summed E-state index contributed by atoms with van der Waals surface area (Å²) < 4.78 is 0. The second-order valence-corrected chi connectivity index (χ2v) is 3.05. The lowest BCUT2D eigenvalue weighted by molar-refractivity contribution is 0.450. The Hall–Kier alpha value is -1.35. The van der Waals surface area contributed by atoms with E-state index in [1.54, 1.807) is 12.2 Å². The number of hydrogen-bond donors (Lipinski definition) is 2. The number of hydrogen-bond acceptors (Lipinski definition) is 2. The SMILES string of the molecule is C=CCc1c(O)ccc(O)c1CC=C.S. The van der Waals surface area contributed by atoms with Gasteiger partial charge in [-0.3, -0.25) is 0 Å². The van der Waals surface area contributed by atoms with Crippen LogP contribution in [-0.4, -0.2) is 10.2 Å². The Kier molecular flexibility index (Phi) is 5.64. The fourth-order valence-corrected chi connectivity index (χ4v) is 1.41. The highest BCUT2D eigenvalue weighted by atomic mass is 32.1. The smallest absolute Gasteiger partial charge is 0.119 e. The van der Waals surface area contributed by atoms with Gasteiger partial charge in [0.2, 0.25) is 0 Å². The summed E-state index contributed by atoms with van der Waals surface area (Å²) in [6.45, 7) is 7.22. The van der Waals surface area contributed by atoms with Crippen LogP contribution < -0.4 is 0 Å². The van der Waals surface area contributed by atoms with Crippen molar-refractivity contribution in [2.75, 3.05) is 0 Å². The Balaban J connectivity index is 0.00000196. The summed E-state index contributed by atoms with van der Waals surface area (Å²) in [5.74, 6) is 0.388. The minimum atomic E-state index is 0. The molecule has 2 nitrogen and oxygen atoms in total. The molecule has 0 bridgehead atoms. The molecule has 1 aromatic carbocycles. The van der Waals surface area contributed by atoms with Crippen molar-refractivity contribution in [3.05, 3.63) is 48.6 Å². The van der Waals surface area contributed by atoms with Crippen LogP contribution in [0.2, 0.25) is 0 Å². The molecule has 0 heterocycles. The normalized spacial score (nSPS) is 9.07. The maximum Gasteiger partial charge on any atom is 0.119 e. The van der Waals surface area contributed by atoms with Gasteiger partial charge < -0.3 is 10.2 Å². The van der Waals surface area contributed by atoms with E-state index in [0.717, 1.165) is 11.1 Å². The van der Waals surface area contributed by atoms with Gasteiger partial charge in [-0.2, -0.15) is 13.5 Å². The standard InChI is InChI=1S/C12H14O2.H2S/c1-3-5-9-10(6-4-2)12(14)8-7-11(9)13;/h3-4,7-8,13-14H,1-2,5-6H2;1H2. The number of aromatic hydroxyl groups is 2. The Labute approximate surface area is 97.0 Å². The first-order chi connectivity index (χ1) is 6.70. The summed E-state index contributed by atoms with van der Waals surface area (Å²) >= 11 is 0. The van der Waals surface area contributed by atoms with E-state index in [9.17, 15) is 10.2 Å². The highest BCUT2D eigenvalue weighted by molar-refractivity contribution is 7.59. The molecule has 0 unspecified atom stereocenters. The monoisotopic (exact) mass is 224 g/mol. The van der Waals surface area contributed by atoms with E-state index in [1.165, 1.54) is 12.1 Å². The molecule has 0 saturated carbocycles. The van der Waals surface area contributed by atoms with E-state index in [0.29, 0.717) is 12.8 Å². The zero-order valence-corrected chi connectivity index (χ0v) is 9.53. The van der Waals surface area contributed by atoms with Crippen LogP contribution in [0.4, 0.5) is 0 Å². The molecule has 0 aliphatic rings. The van der Waals surface area contributed by atoms with Gasteiger partial charge in [0, 0.05) is 11.1 Å². The van der Waals surface area contributed by atoms with Crippen molar-refractivity contribution in [1.82, 2.24) is 0 Å². The van der Waals surface area contributed by atoms with Crippen LogP contribution in [0.15, 0.2) is 37.4 Å². The third-order valence-corrected chi connectivity index (χ3v) is 2.08. The molecular formula is C12H16O2S. The van der Waals surface area contributed by atoms with Gasteiger partial charge in [0.1, 0.15) is 11.5 Å². The molecule has 0 saturated heterocycles. The van der Waals surface area contributed by atoms with E-state index >= 15 is 0 Å². The second kappa shape index (κ2) is 6.19. The molecule has 1 rings (SSSR count). The predicted molar refractivity (Wildman–Crippen MR) is 68.0 cm³/mol. The van der Waals surface area contributed by atoms with Crippen molar-refractivity contribution < 1.29 is 10.2 Å². The van der Waals surface area contributed by atoms with Crippen molar-refractivity contribution in [3.8, 4) is 11.5 Å². The van der Waals surface area contributed by atoms with Crippen molar-refractivity contribution in [1.29, 1.82) is 0 Å². The van der Waals surface area contributed by atoms with Gasteiger partial charge in [0.25, 0.3) is 0 Å². The van der Waals surface area contributed by atoms with E-state index in [1.807, 2.05) is 0 Å². The third kappa shape index (κ3) is 3.06. The number of phenols is 2. The maximum atomic E-state index is 9.58. The molecule has 1 aromatic rings. The first-order valence-corrected chi connectivity index (χ1v) is 4.45. The molecule has 0 aromatic heterocycles. The Morgan fingerprint density at radius 3 is 1.53 bits per heavy atom. The van der Waals surface area contributed by atoms with E-state index in [4.69, 9.17) is 0 Å². The summed E-state index contributed by atoms with van der Waals surface area (Å²) in [5.41, 5.74) is 1.44. The summed E-state index contributed by atoms with van der Waals surface area (Å²) in [4.78, 5) is 0. The third-order valence-electron chi connectivity index (χ3n) is 2.08. The number of benzene rings is 1. The van der Waals surface area contributed by atoms with E-state index in [-0.39, 0.29) is 25.0 Å². The van der Waals surface area contributed by atoms with Crippen LogP contribution in [0.1, 0.15) is 11.1 Å². The average Bonchev–Trinajstić information content (AvgIpc) is 2.17. The van der Waals surface area contributed by atoms with Crippen molar-refractivity contribution in [3.63, 3.8) is 0 Å². The molecule has 0 aliphatic heterocycles. The molecule has 0 radical (unpaired) electrons. The van der Waals surface area contributed by atoms with Gasteiger partial charge in [0.05, 0.1) is 0 Å². The average molecular weight is 224 g/mol. The Morgan fingerprint density at radius 1 is 0.933 bits per heavy atom. The van der Waals surface area contributed by atoms with Crippen LogP contribution in [0.3, 0.4) is 0 Å². The minimum Gasteiger partial charge on any atom is -0.508 e. The summed E-state index contributed by atoms with van der Waals surface area (Å²) in [7, 11) is 0. The Bertz CT molecular complexity index is 324. The molecule has 0 amide bonds. The lowest BCUT2D eigenvalue weighted by Crippen LogP contribution is -1.93. The lowest BCUT2D eigenvalue weighted by Gasteiger charge is -2.10. The zero-order valence-electron chi connectivity index (χ0n) is 8.53. The van der Waals surface area contributed by atoms with Gasteiger partial charge in [-0.05, 0) is 25.0 Å². The molecule has 0 atom stereocenters. The maximum absolute atomic E-state index is 9.58. The van der Waals surface area contributed by atoms with Crippen LogP contribution in [0.5, 0.6) is 11.5 Å². The van der Waals surface area contributed by atoms with Crippen molar-refractivity contribution in [2.24, 2.45) is 0 Å². The molecule has 3 heteroatoms. The molecule has 0 aliphatic carbocycles. The number of allylic oxidation sites excluding steroid dienone is 2. The molecule has 2 N–H and O–H groups in total. The first kappa shape index (κ1) is 13.7. The number of rotatable bonds is 4. The van der Waals surface area contributed by atoms with Crippen LogP contribution in [0, 0.1) is 0 Å². The zero-order chi connectivity index (χ0) is 10.6. The van der Waals surface area contributed by atoms with Gasteiger partial charge >= 0.3 is 0 Å². The highest BCUT2D eigenvalue weighted by Gasteiger charge is 2.09. The fraction of sp³-hybridized carbons (Fsp3) is 0.167. The Morgan fingerprint density at radius 2 is 1.27 bits per heavy atom. The predicted octanol–water partition coefficient (Wildman–Crippen LogP) is 2.67. The van der Waals surface area contributed by atoms with E-state index < -0.39 is 0 Å². The lowest BCUT2D eigenvalue weighted by atomic mass is 9.99. The van der Waals surface area contributed by atoms with Gasteiger partial charge in [0.15, 0.2) is 0 Å². The largest absolute Gasteiger partial charge is 0.508 e. The van der Waals surface area contributed by atoms with Gasteiger partial charge in [-0.25, -0.2) is 0 Å². The minimum absolute atomic E-state index is 0. The van der Waals surface area contributed by atoms with Crippen LogP contribution in [0.25, 0.3) is 0 Å². The molecule has 0 spiro atoms. The second-order valence-electron chi connectivity index (χ2n) is 3.05. The van der Waals surface area contributed by atoms with E-state index in [2.05, 4.69) is 13.2 Å². The fourth-order valence-electron chi connectivity index (χ4n) is 1.41. The molecule has 0 fully saturated rings. The summed E-state index contributed by atoms with van der Waals surface area (Å²) in [6, 6.07) is 2.97. The molecule has 82 valence electrons. The molecule has 15 heavy (non-hydrogen) atoms. The highest BCUT2D eigenvalue weighted by Crippen LogP contribution is 2.30. The van der Waals surface area contributed by atoms with Gasteiger partial charge in [-0.15, -0.1) is 13.2 Å². The number of phenolic OH excluding ortho intramolecular Hbond substituents is 2. The summed E-state index contributed by atoms with van der Waals surface area (Å²) in [5, 5.41) is 19.2.